The third kappa shape index (κ3) is 5.25. The van der Waals surface area contributed by atoms with Crippen LogP contribution in [0.15, 0.2) is 21.6 Å². The van der Waals surface area contributed by atoms with E-state index >= 15 is 0 Å². The van der Waals surface area contributed by atoms with E-state index in [0.29, 0.717) is 4.34 Å². The maximum absolute atomic E-state index is 12.5. The first-order chi connectivity index (χ1) is 13.2. The number of β-lactam (4-membered cyclic amide) rings is 1. The molecule has 0 bridgehead atoms. The molecule has 0 aliphatic carbocycles. The van der Waals surface area contributed by atoms with Crippen molar-refractivity contribution >= 4 is 87.4 Å². The molecule has 2 unspecified atom stereocenters. The van der Waals surface area contributed by atoms with Crippen molar-refractivity contribution in [2.75, 3.05) is 12.4 Å². The smallest absolute Gasteiger partial charge is 0.354 e. The molecule has 2 aliphatic rings. The van der Waals surface area contributed by atoms with Crippen LogP contribution in [0.3, 0.4) is 0 Å². The van der Waals surface area contributed by atoms with Crippen molar-refractivity contribution in [2.24, 2.45) is 0 Å². The average Bonchev–Trinajstić information content (AvgIpc) is 3.14. The van der Waals surface area contributed by atoms with Gasteiger partial charge >= 0.3 is 5.97 Å². The summed E-state index contributed by atoms with van der Waals surface area (Å²) >= 11 is 20.8. The molecular weight excluding hydrogens is 491 g/mol. The second-order valence-corrected chi connectivity index (χ2v) is 11.8. The van der Waals surface area contributed by atoms with Crippen LogP contribution in [0.4, 0.5) is 0 Å². The van der Waals surface area contributed by atoms with Crippen LogP contribution in [0, 0.1) is 0 Å². The molecule has 3 rings (SSSR count). The van der Waals surface area contributed by atoms with Gasteiger partial charge in [-0.1, -0.05) is 57.9 Å². The Morgan fingerprint density at radius 1 is 1.43 bits per heavy atom. The maximum Gasteiger partial charge on any atom is 0.354 e. The Labute approximate surface area is 187 Å². The van der Waals surface area contributed by atoms with Crippen LogP contribution in [0.2, 0.25) is 0 Å². The molecule has 0 saturated carbocycles. The minimum atomic E-state index is -1.75. The van der Waals surface area contributed by atoms with E-state index in [1.807, 2.05) is 6.92 Å². The van der Waals surface area contributed by atoms with Crippen LogP contribution in [0.5, 0.6) is 0 Å². The normalized spacial score (nSPS) is 24.1. The molecule has 14 heteroatoms. The summed E-state index contributed by atoms with van der Waals surface area (Å²) in [6.45, 7) is 1.43. The third-order valence-electron chi connectivity index (χ3n) is 3.61. The number of esters is 1. The first kappa shape index (κ1) is 22.0. The van der Waals surface area contributed by atoms with Gasteiger partial charge in [0.25, 0.3) is 5.91 Å². The van der Waals surface area contributed by atoms with Crippen molar-refractivity contribution in [2.45, 2.75) is 31.7 Å². The largest absolute Gasteiger partial charge is 0.456 e. The molecule has 28 heavy (non-hydrogen) atoms. The van der Waals surface area contributed by atoms with Gasteiger partial charge in [-0.2, -0.15) is 0 Å². The first-order valence-corrected chi connectivity index (χ1v) is 11.7. The Morgan fingerprint density at radius 3 is 2.82 bits per heavy atom. The van der Waals surface area contributed by atoms with Crippen molar-refractivity contribution in [3.05, 3.63) is 17.3 Å². The summed E-state index contributed by atoms with van der Waals surface area (Å²) in [4.78, 5) is 38.3. The number of alkyl halides is 3. The maximum atomic E-state index is 12.5. The second kappa shape index (κ2) is 8.97. The molecule has 0 radical (unpaired) electrons. The summed E-state index contributed by atoms with van der Waals surface area (Å²) < 4.78 is 3.90. The minimum Gasteiger partial charge on any atom is -0.456 e. The highest BCUT2D eigenvalue weighted by molar-refractivity contribution is 8.01. The monoisotopic (exact) mass is 502 g/mol. The Balaban J connectivity index is 1.59. The van der Waals surface area contributed by atoms with Gasteiger partial charge in [0.1, 0.15) is 29.2 Å². The Morgan fingerprint density at radius 2 is 2.18 bits per heavy atom. The molecule has 8 nitrogen and oxygen atoms in total. The van der Waals surface area contributed by atoms with E-state index in [9.17, 15) is 14.4 Å². The SMILES string of the molecule is CC1C=C(C(=O)OCC(Cl)(Cl)Cl)N2C(=O)C(NC(=O)CSc3nncs3)[C@@H]2S1. The fourth-order valence-electron chi connectivity index (χ4n) is 2.51. The van der Waals surface area contributed by atoms with Crippen molar-refractivity contribution in [3.63, 3.8) is 0 Å². The molecule has 3 heterocycles. The predicted molar refractivity (Wildman–Crippen MR) is 110 cm³/mol. The van der Waals surface area contributed by atoms with Gasteiger partial charge in [0.15, 0.2) is 4.34 Å². The van der Waals surface area contributed by atoms with Crippen LogP contribution >= 0.6 is 69.7 Å². The van der Waals surface area contributed by atoms with Gasteiger partial charge in [0.2, 0.25) is 9.70 Å². The lowest BCUT2D eigenvalue weighted by Crippen LogP contribution is -2.70. The van der Waals surface area contributed by atoms with Crippen molar-refractivity contribution in [3.8, 4) is 0 Å². The van der Waals surface area contributed by atoms with Gasteiger partial charge in [-0.15, -0.1) is 22.0 Å². The van der Waals surface area contributed by atoms with Gasteiger partial charge in [-0.3, -0.25) is 14.5 Å². The van der Waals surface area contributed by atoms with E-state index in [4.69, 9.17) is 39.5 Å². The Hall–Kier alpha value is -0.720. The summed E-state index contributed by atoms with van der Waals surface area (Å²) in [5.74, 6) is -1.34. The number of thioether (sulfide) groups is 2. The number of nitrogens with one attached hydrogen (secondary N) is 1. The lowest BCUT2D eigenvalue weighted by Gasteiger charge is -2.49. The molecule has 1 aromatic heterocycles. The van der Waals surface area contributed by atoms with E-state index in [0.717, 1.165) is 0 Å². The minimum absolute atomic E-state index is 0.0696. The van der Waals surface area contributed by atoms with E-state index in [2.05, 4.69) is 15.5 Å². The molecule has 1 saturated heterocycles. The van der Waals surface area contributed by atoms with Crippen molar-refractivity contribution < 1.29 is 19.1 Å². The molecule has 3 atom stereocenters. The molecule has 152 valence electrons. The zero-order chi connectivity index (χ0) is 20.5. The fourth-order valence-corrected chi connectivity index (χ4v) is 5.30. The third-order valence-corrected chi connectivity index (χ3v) is 7.12. The predicted octanol–water partition coefficient (Wildman–Crippen LogP) is 2.22. The van der Waals surface area contributed by atoms with Crippen LogP contribution in [-0.2, 0) is 19.1 Å². The quantitative estimate of drug-likeness (QED) is 0.273. The molecular formula is C14H13Cl3N4O4S3. The van der Waals surface area contributed by atoms with Crippen LogP contribution in [0.25, 0.3) is 0 Å². The number of amides is 2. The Bertz CT molecular complexity index is 802. The van der Waals surface area contributed by atoms with Gasteiger partial charge in [-0.25, -0.2) is 4.79 Å². The number of hydrogen-bond acceptors (Lipinski definition) is 9. The number of fused-ring (bicyclic) bond motifs is 1. The van der Waals surface area contributed by atoms with Crippen molar-refractivity contribution in [1.82, 2.24) is 20.4 Å². The van der Waals surface area contributed by atoms with E-state index in [-0.39, 0.29) is 22.6 Å². The van der Waals surface area contributed by atoms with Crippen LogP contribution < -0.4 is 5.32 Å². The number of ether oxygens (including phenoxy) is 1. The van der Waals surface area contributed by atoms with Crippen molar-refractivity contribution in [1.29, 1.82) is 0 Å². The number of carbonyl (C=O) groups excluding carboxylic acids is 3. The highest BCUT2D eigenvalue weighted by Gasteiger charge is 2.54. The zero-order valence-electron chi connectivity index (χ0n) is 14.1. The molecule has 1 N–H and O–H groups in total. The second-order valence-electron chi connectivity index (χ2n) is 5.72. The molecule has 2 aliphatic heterocycles. The summed E-state index contributed by atoms with van der Waals surface area (Å²) in [5, 5.41) is 9.77. The number of halogens is 3. The summed E-state index contributed by atoms with van der Waals surface area (Å²) in [6, 6.07) is -0.723. The van der Waals surface area contributed by atoms with Gasteiger partial charge in [-0.05, 0) is 13.0 Å². The average molecular weight is 504 g/mol. The number of aromatic nitrogens is 2. The highest BCUT2D eigenvalue weighted by atomic mass is 35.6. The molecule has 0 spiro atoms. The lowest BCUT2D eigenvalue weighted by molar-refractivity contribution is -0.152. The summed E-state index contributed by atoms with van der Waals surface area (Å²) in [6.07, 6.45) is 1.61. The van der Waals surface area contributed by atoms with Crippen LogP contribution in [-0.4, -0.2) is 65.7 Å². The highest BCUT2D eigenvalue weighted by Crippen LogP contribution is 2.41. The number of hydrogen-bond donors (Lipinski definition) is 1. The first-order valence-electron chi connectivity index (χ1n) is 7.78. The molecule has 1 aromatic rings. The van der Waals surface area contributed by atoms with Gasteiger partial charge < -0.3 is 10.1 Å². The standard InChI is InChI=1S/C14H13Cl3N4O4S3/c1-6-2-7(12(24)25-4-14(15,16)17)21-10(23)9(11(21)28-6)19-8(22)3-26-13-20-18-5-27-13/h2,5-6,9,11H,3-4H2,1H3,(H,19,22)/t6?,9?,11-/m0/s1. The lowest BCUT2D eigenvalue weighted by atomic mass is 10.0. The number of nitrogens with zero attached hydrogens (tertiary/aromatic N) is 3. The zero-order valence-corrected chi connectivity index (χ0v) is 18.9. The molecule has 0 aromatic carbocycles. The summed E-state index contributed by atoms with van der Waals surface area (Å²) in [7, 11) is 0. The van der Waals surface area contributed by atoms with Gasteiger partial charge in [0, 0.05) is 5.25 Å². The fraction of sp³-hybridized carbons (Fsp3) is 0.500. The Kier molecular flexibility index (Phi) is 7.04. The molecule has 2 amide bonds. The van der Waals surface area contributed by atoms with E-state index in [1.165, 1.54) is 39.8 Å². The topological polar surface area (TPSA) is 101 Å². The van der Waals surface area contributed by atoms with E-state index < -0.39 is 33.7 Å². The number of carbonyl (C=O) groups is 3. The number of rotatable bonds is 6. The summed E-state index contributed by atoms with van der Waals surface area (Å²) in [5.41, 5.74) is 1.66. The van der Waals surface area contributed by atoms with Gasteiger partial charge in [0.05, 0.1) is 5.75 Å². The van der Waals surface area contributed by atoms with Crippen LogP contribution in [0.1, 0.15) is 6.92 Å². The molecule has 1 fully saturated rings. The van der Waals surface area contributed by atoms with E-state index in [1.54, 1.807) is 11.6 Å².